The van der Waals surface area contributed by atoms with Gasteiger partial charge >= 0.3 is 0 Å². The number of halogens is 1. The van der Waals surface area contributed by atoms with Crippen molar-refractivity contribution in [3.05, 3.63) is 64.0 Å². The first kappa shape index (κ1) is 17.0. The molecule has 4 nitrogen and oxygen atoms in total. The highest BCUT2D eigenvalue weighted by Crippen LogP contribution is 2.36. The molecule has 0 spiro atoms. The number of thiazole rings is 1. The molecule has 0 aliphatic heterocycles. The number of rotatable bonds is 4. The number of sulfone groups is 1. The van der Waals surface area contributed by atoms with Gasteiger partial charge in [-0.25, -0.2) is 13.4 Å². The molecule has 0 amide bonds. The molecule has 3 aromatic rings. The summed E-state index contributed by atoms with van der Waals surface area (Å²) in [4.78, 5) is 4.39. The average molecular weight is 379 g/mol. The first-order valence-electron chi connectivity index (χ1n) is 7.18. The summed E-state index contributed by atoms with van der Waals surface area (Å²) in [6, 6.07) is 14.3. The van der Waals surface area contributed by atoms with Crippen LogP contribution in [-0.2, 0) is 9.84 Å². The molecule has 124 valence electrons. The van der Waals surface area contributed by atoms with Gasteiger partial charge in [-0.2, -0.15) is 0 Å². The predicted molar refractivity (Wildman–Crippen MR) is 98.2 cm³/mol. The van der Waals surface area contributed by atoms with Gasteiger partial charge in [0.1, 0.15) is 4.34 Å². The Bertz CT molecular complexity index is 980. The fourth-order valence-electron chi connectivity index (χ4n) is 2.16. The fraction of sp³-hybridized carbons (Fsp3) is 0.118. The van der Waals surface area contributed by atoms with E-state index >= 15 is 0 Å². The summed E-state index contributed by atoms with van der Waals surface area (Å²) in [6.45, 7) is 3.86. The van der Waals surface area contributed by atoms with Crippen molar-refractivity contribution in [2.75, 3.05) is 5.32 Å². The Morgan fingerprint density at radius 3 is 2.38 bits per heavy atom. The van der Waals surface area contributed by atoms with E-state index in [1.165, 1.54) is 0 Å². The summed E-state index contributed by atoms with van der Waals surface area (Å²) < 4.78 is 25.6. The van der Waals surface area contributed by atoms with Gasteiger partial charge in [-0.15, -0.1) is 0 Å². The van der Waals surface area contributed by atoms with Crippen LogP contribution in [0.25, 0.3) is 0 Å². The van der Waals surface area contributed by atoms with Crippen LogP contribution >= 0.6 is 22.9 Å². The monoisotopic (exact) mass is 378 g/mol. The zero-order chi connectivity index (χ0) is 17.3. The fourth-order valence-corrected chi connectivity index (χ4v) is 4.98. The maximum atomic E-state index is 12.7. The molecule has 7 heteroatoms. The minimum atomic E-state index is -3.74. The lowest BCUT2D eigenvalue weighted by atomic mass is 10.2. The number of hydrogen-bond donors (Lipinski definition) is 1. The quantitative estimate of drug-likeness (QED) is 0.694. The standard InChI is InChI=1S/C17H15ClN2O2S2/c1-11-7-9-13(10-8-11)24(21,22)16-15(18)23-17(20-16)19-14-6-4-3-5-12(14)2/h3-10H,1-2H3,(H,19,20). The van der Waals surface area contributed by atoms with E-state index in [4.69, 9.17) is 11.6 Å². The summed E-state index contributed by atoms with van der Waals surface area (Å²) in [5.74, 6) is 0. The Morgan fingerprint density at radius 2 is 1.71 bits per heavy atom. The molecule has 0 fully saturated rings. The van der Waals surface area contributed by atoms with Crippen LogP contribution in [0.4, 0.5) is 10.8 Å². The SMILES string of the molecule is Cc1ccc(S(=O)(=O)c2nc(Nc3ccccc3C)sc2Cl)cc1. The summed E-state index contributed by atoms with van der Waals surface area (Å²) >= 11 is 7.26. The molecule has 0 atom stereocenters. The van der Waals surface area contributed by atoms with Crippen molar-refractivity contribution >= 4 is 43.6 Å². The zero-order valence-corrected chi connectivity index (χ0v) is 15.5. The van der Waals surface area contributed by atoms with Crippen LogP contribution in [0.3, 0.4) is 0 Å². The Hall–Kier alpha value is -1.89. The van der Waals surface area contributed by atoms with Crippen molar-refractivity contribution in [3.8, 4) is 0 Å². The molecule has 1 aromatic heterocycles. The third-order valence-electron chi connectivity index (χ3n) is 3.53. The number of anilines is 2. The number of nitrogens with zero attached hydrogens (tertiary/aromatic N) is 1. The third kappa shape index (κ3) is 3.31. The minimum Gasteiger partial charge on any atom is -0.331 e. The van der Waals surface area contributed by atoms with Crippen LogP contribution in [0.15, 0.2) is 58.5 Å². The van der Waals surface area contributed by atoms with Gasteiger partial charge in [0.15, 0.2) is 10.2 Å². The maximum absolute atomic E-state index is 12.7. The average Bonchev–Trinajstić information content (AvgIpc) is 2.91. The van der Waals surface area contributed by atoms with Crippen LogP contribution in [0.1, 0.15) is 11.1 Å². The lowest BCUT2D eigenvalue weighted by Crippen LogP contribution is -2.03. The van der Waals surface area contributed by atoms with Crippen LogP contribution in [0.2, 0.25) is 4.34 Å². The summed E-state index contributed by atoms with van der Waals surface area (Å²) in [6.07, 6.45) is 0. The molecule has 0 saturated heterocycles. The van der Waals surface area contributed by atoms with Crippen LogP contribution in [0.5, 0.6) is 0 Å². The molecule has 0 aliphatic rings. The van der Waals surface area contributed by atoms with E-state index in [0.717, 1.165) is 28.2 Å². The van der Waals surface area contributed by atoms with Gasteiger partial charge < -0.3 is 5.32 Å². The lowest BCUT2D eigenvalue weighted by molar-refractivity contribution is 0.593. The van der Waals surface area contributed by atoms with E-state index in [9.17, 15) is 8.42 Å². The van der Waals surface area contributed by atoms with Gasteiger partial charge in [0.25, 0.3) is 0 Å². The number of aromatic nitrogens is 1. The highest BCUT2D eigenvalue weighted by molar-refractivity contribution is 7.91. The second kappa shape index (κ2) is 6.55. The Balaban J connectivity index is 1.97. The van der Waals surface area contributed by atoms with Crippen molar-refractivity contribution in [1.29, 1.82) is 0 Å². The van der Waals surface area contributed by atoms with E-state index < -0.39 is 9.84 Å². The van der Waals surface area contributed by atoms with Crippen LogP contribution in [0, 0.1) is 13.8 Å². The van der Waals surface area contributed by atoms with Crippen molar-refractivity contribution in [2.24, 2.45) is 0 Å². The first-order valence-corrected chi connectivity index (χ1v) is 9.86. The summed E-state index contributed by atoms with van der Waals surface area (Å²) in [7, 11) is -3.74. The van der Waals surface area contributed by atoms with E-state index in [2.05, 4.69) is 10.3 Å². The van der Waals surface area contributed by atoms with Crippen molar-refractivity contribution in [3.63, 3.8) is 0 Å². The van der Waals surface area contributed by atoms with E-state index in [0.29, 0.717) is 5.13 Å². The Morgan fingerprint density at radius 1 is 1.04 bits per heavy atom. The normalized spacial score (nSPS) is 11.5. The minimum absolute atomic E-state index is 0.117. The van der Waals surface area contributed by atoms with Crippen molar-refractivity contribution < 1.29 is 8.42 Å². The molecule has 24 heavy (non-hydrogen) atoms. The largest absolute Gasteiger partial charge is 0.331 e. The second-order valence-corrected chi connectivity index (χ2v) is 8.82. The molecular weight excluding hydrogens is 364 g/mol. The predicted octanol–water partition coefficient (Wildman–Crippen LogP) is 4.99. The third-order valence-corrected chi connectivity index (χ3v) is 6.64. The van der Waals surface area contributed by atoms with Crippen molar-refractivity contribution in [1.82, 2.24) is 4.98 Å². The molecule has 0 saturated carbocycles. The molecule has 0 bridgehead atoms. The Labute approximate surface area is 150 Å². The maximum Gasteiger partial charge on any atom is 0.226 e. The van der Waals surface area contributed by atoms with Gasteiger partial charge in [0.2, 0.25) is 9.84 Å². The molecule has 0 unspecified atom stereocenters. The van der Waals surface area contributed by atoms with E-state index in [1.54, 1.807) is 24.3 Å². The first-order chi connectivity index (χ1) is 11.4. The molecule has 1 N–H and O–H groups in total. The molecule has 3 rings (SSSR count). The van der Waals surface area contributed by atoms with E-state index in [1.807, 2.05) is 38.1 Å². The number of nitrogens with one attached hydrogen (secondary N) is 1. The second-order valence-electron chi connectivity index (χ2n) is 5.35. The smallest absolute Gasteiger partial charge is 0.226 e. The summed E-state index contributed by atoms with van der Waals surface area (Å²) in [5.41, 5.74) is 2.88. The Kier molecular flexibility index (Phi) is 4.62. The highest BCUT2D eigenvalue weighted by Gasteiger charge is 2.25. The lowest BCUT2D eigenvalue weighted by Gasteiger charge is -2.05. The number of hydrogen-bond acceptors (Lipinski definition) is 5. The van der Waals surface area contributed by atoms with Gasteiger partial charge in [0, 0.05) is 5.69 Å². The molecular formula is C17H15ClN2O2S2. The molecule has 0 radical (unpaired) electrons. The van der Waals surface area contributed by atoms with Gasteiger partial charge in [-0.05, 0) is 37.6 Å². The molecule has 0 aliphatic carbocycles. The van der Waals surface area contributed by atoms with Crippen LogP contribution in [-0.4, -0.2) is 13.4 Å². The van der Waals surface area contributed by atoms with Gasteiger partial charge in [-0.3, -0.25) is 0 Å². The van der Waals surface area contributed by atoms with Gasteiger partial charge in [-0.1, -0.05) is 58.8 Å². The topological polar surface area (TPSA) is 59.1 Å². The number of benzene rings is 2. The summed E-state index contributed by atoms with van der Waals surface area (Å²) in [5, 5.41) is 3.45. The van der Waals surface area contributed by atoms with Crippen LogP contribution < -0.4 is 5.32 Å². The number of para-hydroxylation sites is 1. The zero-order valence-electron chi connectivity index (χ0n) is 13.1. The molecule has 2 aromatic carbocycles. The number of aryl methyl sites for hydroxylation is 2. The molecule has 1 heterocycles. The van der Waals surface area contributed by atoms with Crippen molar-refractivity contribution in [2.45, 2.75) is 23.8 Å². The van der Waals surface area contributed by atoms with E-state index in [-0.39, 0.29) is 14.3 Å². The highest BCUT2D eigenvalue weighted by atomic mass is 35.5. The van der Waals surface area contributed by atoms with Gasteiger partial charge in [0.05, 0.1) is 4.90 Å².